The normalized spacial score (nSPS) is 10.2. The molecular weight excluding hydrogens is 462 g/mol. The van der Waals surface area contributed by atoms with Crippen LogP contribution in [0.15, 0.2) is 71.2 Å². The summed E-state index contributed by atoms with van der Waals surface area (Å²) < 4.78 is 0.665. The van der Waals surface area contributed by atoms with E-state index < -0.39 is 0 Å². The third-order valence-electron chi connectivity index (χ3n) is 4.53. The summed E-state index contributed by atoms with van der Waals surface area (Å²) in [4.78, 5) is 25.3. The van der Waals surface area contributed by atoms with Gasteiger partial charge in [-0.25, -0.2) is 0 Å². The van der Waals surface area contributed by atoms with Crippen LogP contribution in [-0.2, 0) is 0 Å². The van der Waals surface area contributed by atoms with Gasteiger partial charge in [0.15, 0.2) is 5.11 Å². The maximum absolute atomic E-state index is 12.8. The van der Waals surface area contributed by atoms with Crippen LogP contribution in [0.3, 0.4) is 0 Å². The van der Waals surface area contributed by atoms with Crippen molar-refractivity contribution in [2.45, 2.75) is 13.8 Å². The van der Waals surface area contributed by atoms with Crippen molar-refractivity contribution >= 4 is 56.4 Å². The number of thiocarbonyl (C=S) groups is 1. The summed E-state index contributed by atoms with van der Waals surface area (Å²) in [5.74, 6) is -0.627. The molecule has 7 heteroatoms. The van der Waals surface area contributed by atoms with E-state index in [-0.39, 0.29) is 16.9 Å². The molecule has 0 fully saturated rings. The zero-order valence-electron chi connectivity index (χ0n) is 16.5. The average Bonchev–Trinajstić information content (AvgIpc) is 2.71. The summed E-state index contributed by atoms with van der Waals surface area (Å²) in [6, 6.07) is 19.8. The van der Waals surface area contributed by atoms with Gasteiger partial charge in [-0.1, -0.05) is 30.3 Å². The topological polar surface area (TPSA) is 70.2 Å². The number of nitrogens with one attached hydrogen (secondary N) is 3. The van der Waals surface area contributed by atoms with Crippen LogP contribution in [0.5, 0.6) is 0 Å². The number of hydrogen-bond acceptors (Lipinski definition) is 3. The third kappa shape index (κ3) is 5.31. The number of carbonyl (C=O) groups excluding carboxylic acids is 2. The van der Waals surface area contributed by atoms with Gasteiger partial charge in [-0.05, 0) is 89.5 Å². The van der Waals surface area contributed by atoms with E-state index in [4.69, 9.17) is 12.2 Å². The molecule has 0 aromatic heterocycles. The number of hydrogen-bond donors (Lipinski definition) is 3. The highest BCUT2D eigenvalue weighted by atomic mass is 79.9. The second-order valence-electron chi connectivity index (χ2n) is 6.69. The number of carbonyl (C=O) groups is 2. The maximum atomic E-state index is 12.8. The van der Waals surface area contributed by atoms with Crippen LogP contribution in [0.25, 0.3) is 0 Å². The SMILES string of the molecule is Cc1ccc(NC(=O)c2ccccc2NC(=S)NC(=O)c2ccccc2Br)cc1C. The maximum Gasteiger partial charge on any atom is 0.258 e. The smallest absolute Gasteiger partial charge is 0.258 e. The number of benzene rings is 3. The van der Waals surface area contributed by atoms with Crippen molar-refractivity contribution in [3.8, 4) is 0 Å². The Morgan fingerprint density at radius 3 is 2.17 bits per heavy atom. The Labute approximate surface area is 189 Å². The number of aryl methyl sites for hydroxylation is 2. The van der Waals surface area contributed by atoms with Gasteiger partial charge >= 0.3 is 0 Å². The molecule has 0 aliphatic carbocycles. The molecule has 0 saturated carbocycles. The largest absolute Gasteiger partial charge is 0.332 e. The molecule has 0 saturated heterocycles. The van der Waals surface area contributed by atoms with Gasteiger partial charge in [-0.15, -0.1) is 0 Å². The zero-order chi connectivity index (χ0) is 21.7. The monoisotopic (exact) mass is 481 g/mol. The highest BCUT2D eigenvalue weighted by Gasteiger charge is 2.15. The van der Waals surface area contributed by atoms with E-state index in [1.165, 1.54) is 0 Å². The van der Waals surface area contributed by atoms with Crippen LogP contribution in [0.1, 0.15) is 31.8 Å². The molecule has 3 N–H and O–H groups in total. The lowest BCUT2D eigenvalue weighted by Crippen LogP contribution is -2.34. The molecule has 0 aliphatic heterocycles. The molecular formula is C23H20BrN3O2S. The van der Waals surface area contributed by atoms with Crippen LogP contribution in [0, 0.1) is 13.8 Å². The lowest BCUT2D eigenvalue weighted by atomic mass is 10.1. The first-order chi connectivity index (χ1) is 14.3. The number of halogens is 1. The molecule has 0 spiro atoms. The van der Waals surface area contributed by atoms with Gasteiger partial charge in [-0.3, -0.25) is 14.9 Å². The van der Waals surface area contributed by atoms with Crippen molar-refractivity contribution in [3.05, 3.63) is 93.5 Å². The molecule has 152 valence electrons. The Morgan fingerprint density at radius 2 is 1.47 bits per heavy atom. The minimum atomic E-state index is -0.350. The van der Waals surface area contributed by atoms with Crippen molar-refractivity contribution < 1.29 is 9.59 Å². The fourth-order valence-corrected chi connectivity index (χ4v) is 3.44. The molecule has 0 heterocycles. The van der Waals surface area contributed by atoms with Gasteiger partial charge in [0.25, 0.3) is 11.8 Å². The Hall–Kier alpha value is -3.03. The molecule has 30 heavy (non-hydrogen) atoms. The first-order valence-electron chi connectivity index (χ1n) is 9.19. The van der Waals surface area contributed by atoms with E-state index in [1.807, 2.05) is 38.1 Å². The molecule has 3 rings (SSSR count). The lowest BCUT2D eigenvalue weighted by Gasteiger charge is -2.14. The Morgan fingerprint density at radius 1 is 0.800 bits per heavy atom. The Kier molecular flexibility index (Phi) is 6.97. The van der Waals surface area contributed by atoms with Gasteiger partial charge in [0.05, 0.1) is 16.8 Å². The number of amides is 2. The fourth-order valence-electron chi connectivity index (χ4n) is 2.78. The molecule has 0 bridgehead atoms. The molecule has 0 unspecified atom stereocenters. The highest BCUT2D eigenvalue weighted by molar-refractivity contribution is 9.10. The molecule has 0 aliphatic rings. The Bertz CT molecular complexity index is 1130. The van der Waals surface area contributed by atoms with E-state index in [2.05, 4.69) is 31.9 Å². The van der Waals surface area contributed by atoms with E-state index in [0.29, 0.717) is 27.0 Å². The highest BCUT2D eigenvalue weighted by Crippen LogP contribution is 2.20. The van der Waals surface area contributed by atoms with Gasteiger partial charge in [0.2, 0.25) is 0 Å². The van der Waals surface area contributed by atoms with E-state index >= 15 is 0 Å². The van der Waals surface area contributed by atoms with Crippen LogP contribution in [-0.4, -0.2) is 16.9 Å². The van der Waals surface area contributed by atoms with Crippen LogP contribution in [0.4, 0.5) is 11.4 Å². The van der Waals surface area contributed by atoms with Gasteiger partial charge < -0.3 is 10.6 Å². The Balaban J connectivity index is 1.72. The summed E-state index contributed by atoms with van der Waals surface area (Å²) >= 11 is 8.62. The number of anilines is 2. The summed E-state index contributed by atoms with van der Waals surface area (Å²) in [7, 11) is 0. The van der Waals surface area contributed by atoms with Gasteiger partial charge in [0, 0.05) is 10.2 Å². The molecule has 2 amide bonds. The first-order valence-corrected chi connectivity index (χ1v) is 10.4. The standard InChI is InChI=1S/C23H20BrN3O2S/c1-14-11-12-16(13-15(14)2)25-22(29)18-8-4-6-10-20(18)26-23(30)27-21(28)17-7-3-5-9-19(17)24/h3-13H,1-2H3,(H,25,29)(H2,26,27,28,30). The summed E-state index contributed by atoms with van der Waals surface area (Å²) in [6.45, 7) is 4.01. The quantitative estimate of drug-likeness (QED) is 0.433. The fraction of sp³-hybridized carbons (Fsp3) is 0.0870. The van der Waals surface area contributed by atoms with Crippen molar-refractivity contribution in [1.29, 1.82) is 0 Å². The molecule has 3 aromatic carbocycles. The van der Waals surface area contributed by atoms with E-state index in [9.17, 15) is 9.59 Å². The first kappa shape index (κ1) is 21.7. The van der Waals surface area contributed by atoms with Crippen molar-refractivity contribution in [2.75, 3.05) is 10.6 Å². The van der Waals surface area contributed by atoms with Crippen molar-refractivity contribution in [1.82, 2.24) is 5.32 Å². The minimum absolute atomic E-state index is 0.0992. The van der Waals surface area contributed by atoms with Gasteiger partial charge in [-0.2, -0.15) is 0 Å². The lowest BCUT2D eigenvalue weighted by molar-refractivity contribution is 0.0976. The van der Waals surface area contributed by atoms with E-state index in [0.717, 1.165) is 11.1 Å². The summed E-state index contributed by atoms with van der Waals surface area (Å²) in [6.07, 6.45) is 0. The average molecular weight is 482 g/mol. The predicted octanol–water partition coefficient (Wildman–Crippen LogP) is 5.45. The summed E-state index contributed by atoms with van der Waals surface area (Å²) in [5, 5.41) is 8.57. The van der Waals surface area contributed by atoms with Gasteiger partial charge in [0.1, 0.15) is 0 Å². The van der Waals surface area contributed by atoms with Crippen molar-refractivity contribution in [2.24, 2.45) is 0 Å². The third-order valence-corrected chi connectivity index (χ3v) is 5.43. The number of para-hydroxylation sites is 1. The second kappa shape index (κ2) is 9.65. The van der Waals surface area contributed by atoms with Crippen LogP contribution in [0.2, 0.25) is 0 Å². The molecule has 3 aromatic rings. The molecule has 0 radical (unpaired) electrons. The van der Waals surface area contributed by atoms with Crippen LogP contribution < -0.4 is 16.0 Å². The van der Waals surface area contributed by atoms with E-state index in [1.54, 1.807) is 42.5 Å². The molecule has 5 nitrogen and oxygen atoms in total. The zero-order valence-corrected chi connectivity index (χ0v) is 18.9. The number of rotatable bonds is 4. The van der Waals surface area contributed by atoms with Crippen LogP contribution >= 0.6 is 28.1 Å². The predicted molar refractivity (Wildman–Crippen MR) is 128 cm³/mol. The second-order valence-corrected chi connectivity index (χ2v) is 7.95. The molecule has 0 atom stereocenters. The van der Waals surface area contributed by atoms with Crippen molar-refractivity contribution in [3.63, 3.8) is 0 Å². The minimum Gasteiger partial charge on any atom is -0.332 e. The summed E-state index contributed by atoms with van der Waals surface area (Å²) in [5.41, 5.74) is 4.32.